The summed E-state index contributed by atoms with van der Waals surface area (Å²) in [7, 11) is 3.11. The quantitative estimate of drug-likeness (QED) is 0.548. The van der Waals surface area contributed by atoms with Crippen molar-refractivity contribution in [2.75, 3.05) is 17.7 Å². The number of carbonyl (C=O) groups is 3. The number of likely N-dealkylation sites (N-methyl/N-ethyl adjacent to an activating group) is 1. The molecule has 0 radical (unpaired) electrons. The Kier molecular flexibility index (Phi) is 7.65. The van der Waals surface area contributed by atoms with E-state index in [2.05, 4.69) is 15.3 Å². The molecule has 2 aromatic heterocycles. The first-order valence-corrected chi connectivity index (χ1v) is 12.6. The zero-order valence-corrected chi connectivity index (χ0v) is 21.5. The van der Waals surface area contributed by atoms with Gasteiger partial charge in [0.25, 0.3) is 5.91 Å². The van der Waals surface area contributed by atoms with Crippen LogP contribution in [-0.4, -0.2) is 62.6 Å². The highest BCUT2D eigenvalue weighted by Crippen LogP contribution is 2.37. The van der Waals surface area contributed by atoms with Crippen molar-refractivity contribution in [1.29, 1.82) is 0 Å². The van der Waals surface area contributed by atoms with Crippen LogP contribution in [0.4, 0.5) is 29.7 Å². The van der Waals surface area contributed by atoms with E-state index >= 15 is 0 Å². The average Bonchev–Trinajstić information content (AvgIpc) is 3.28. The second-order valence-corrected chi connectivity index (χ2v) is 10.1. The van der Waals surface area contributed by atoms with Crippen LogP contribution in [0, 0.1) is 18.8 Å². The number of anilines is 2. The highest BCUT2D eigenvalue weighted by molar-refractivity contribution is 6.12. The summed E-state index contributed by atoms with van der Waals surface area (Å²) in [5, 5.41) is 2.05. The number of nitrogens with zero attached hydrogens (tertiary/aromatic N) is 5. The molecule has 2 aliphatic rings. The maximum Gasteiger partial charge on any atom is 0.408 e. The van der Waals surface area contributed by atoms with Gasteiger partial charge in [0.15, 0.2) is 0 Å². The van der Waals surface area contributed by atoms with Crippen LogP contribution in [0.5, 0.6) is 0 Å². The third kappa shape index (κ3) is 5.46. The Morgan fingerprint density at radius 1 is 1.24 bits per heavy atom. The molecule has 3 N–H and O–H groups in total. The van der Waals surface area contributed by atoms with Gasteiger partial charge in [-0.2, -0.15) is 13.2 Å². The number of aromatic nitrogens is 3. The molecular weight excluding hydrogens is 503 g/mol. The lowest BCUT2D eigenvalue weighted by Crippen LogP contribution is -2.71. The van der Waals surface area contributed by atoms with Crippen molar-refractivity contribution in [3.05, 3.63) is 35.8 Å². The van der Waals surface area contributed by atoms with Crippen molar-refractivity contribution < 1.29 is 27.6 Å². The molecule has 13 heteroatoms. The number of imidazole rings is 1. The number of alkyl halides is 3. The minimum atomic E-state index is -4.69. The Morgan fingerprint density at radius 2 is 1.92 bits per heavy atom. The summed E-state index contributed by atoms with van der Waals surface area (Å²) < 4.78 is 43.5. The van der Waals surface area contributed by atoms with E-state index in [4.69, 9.17) is 5.73 Å². The molecule has 10 nitrogen and oxygen atoms in total. The number of urea groups is 1. The third-order valence-electron chi connectivity index (χ3n) is 7.35. The molecule has 0 bridgehead atoms. The summed E-state index contributed by atoms with van der Waals surface area (Å²) in [4.78, 5) is 50.1. The van der Waals surface area contributed by atoms with E-state index in [1.165, 1.54) is 18.1 Å². The molecule has 2 aromatic rings. The highest BCUT2D eigenvalue weighted by atomic mass is 19.4. The number of halogens is 3. The van der Waals surface area contributed by atoms with Crippen molar-refractivity contribution in [2.45, 2.75) is 63.7 Å². The van der Waals surface area contributed by atoms with Gasteiger partial charge in [0.05, 0.1) is 5.92 Å². The Hall–Kier alpha value is -3.64. The van der Waals surface area contributed by atoms with Crippen LogP contribution in [0.2, 0.25) is 0 Å². The molecule has 2 fully saturated rings. The van der Waals surface area contributed by atoms with E-state index in [-0.39, 0.29) is 18.2 Å². The predicted molar refractivity (Wildman–Crippen MR) is 133 cm³/mol. The molecule has 1 aliphatic carbocycles. The van der Waals surface area contributed by atoms with Gasteiger partial charge in [-0.15, -0.1) is 0 Å². The fraction of sp³-hybridized carbons (Fsp3) is 0.560. The van der Waals surface area contributed by atoms with E-state index in [0.29, 0.717) is 41.8 Å². The summed E-state index contributed by atoms with van der Waals surface area (Å²) in [5.74, 6) is -2.64. The topological polar surface area (TPSA) is 126 Å². The molecule has 1 unspecified atom stereocenters. The molecule has 4 rings (SSSR count). The number of amides is 4. The van der Waals surface area contributed by atoms with Crippen molar-refractivity contribution >= 4 is 29.6 Å². The van der Waals surface area contributed by atoms with E-state index in [9.17, 15) is 27.6 Å². The highest BCUT2D eigenvalue weighted by Gasteiger charge is 2.57. The summed E-state index contributed by atoms with van der Waals surface area (Å²) in [6.07, 6.45) is 1.25. The van der Waals surface area contributed by atoms with E-state index in [0.717, 1.165) is 6.42 Å². The van der Waals surface area contributed by atoms with E-state index in [1.54, 1.807) is 36.9 Å². The Morgan fingerprint density at radius 3 is 2.50 bits per heavy atom. The van der Waals surface area contributed by atoms with Crippen LogP contribution in [0.1, 0.15) is 43.4 Å². The predicted octanol–water partition coefficient (Wildman–Crippen LogP) is 2.96. The largest absolute Gasteiger partial charge is 0.408 e. The lowest BCUT2D eigenvalue weighted by molar-refractivity contribution is -0.170. The summed E-state index contributed by atoms with van der Waals surface area (Å²) in [6, 6.07) is -1.38. The zero-order chi connectivity index (χ0) is 27.8. The van der Waals surface area contributed by atoms with Gasteiger partial charge in [-0.25, -0.2) is 14.8 Å². The normalized spacial score (nSPS) is 21.1. The number of pyridine rings is 1. The van der Waals surface area contributed by atoms with Crippen LogP contribution in [0.3, 0.4) is 0 Å². The van der Waals surface area contributed by atoms with Crippen molar-refractivity contribution in [3.8, 4) is 0 Å². The maximum absolute atomic E-state index is 14.0. The number of β-lactam (4-membered cyclic amide) rings is 1. The zero-order valence-electron chi connectivity index (χ0n) is 21.5. The lowest BCUT2D eigenvalue weighted by Gasteiger charge is -2.46. The Labute approximate surface area is 218 Å². The van der Waals surface area contributed by atoms with Gasteiger partial charge in [-0.05, 0) is 49.8 Å². The molecule has 3 atom stereocenters. The molecular formula is C25H32F3N7O3. The lowest BCUT2D eigenvalue weighted by atomic mass is 9.81. The fourth-order valence-corrected chi connectivity index (χ4v) is 5.51. The number of hydrogen-bond donors (Lipinski definition) is 2. The summed E-state index contributed by atoms with van der Waals surface area (Å²) in [5.41, 5.74) is 7.06. The molecule has 1 saturated heterocycles. The second kappa shape index (κ2) is 10.6. The summed E-state index contributed by atoms with van der Waals surface area (Å²) >= 11 is 0. The molecule has 4 amide bonds. The number of hydrogen-bond acceptors (Lipinski definition) is 6. The first kappa shape index (κ1) is 27.4. The fourth-order valence-electron chi connectivity index (χ4n) is 5.51. The number of aryl methyl sites for hydroxylation is 2. The van der Waals surface area contributed by atoms with Crippen molar-refractivity contribution in [2.24, 2.45) is 18.9 Å². The minimum Gasteiger partial charge on any atom is -0.384 e. The van der Waals surface area contributed by atoms with Gasteiger partial charge in [-0.1, -0.05) is 19.3 Å². The van der Waals surface area contributed by atoms with E-state index in [1.807, 2.05) is 0 Å². The number of nitrogen functional groups attached to an aromatic ring is 1. The van der Waals surface area contributed by atoms with Gasteiger partial charge in [-0.3, -0.25) is 19.4 Å². The molecule has 0 aromatic carbocycles. The van der Waals surface area contributed by atoms with Gasteiger partial charge in [0.1, 0.15) is 17.9 Å². The first-order valence-electron chi connectivity index (χ1n) is 12.6. The Bertz CT molecular complexity index is 1190. The smallest absolute Gasteiger partial charge is 0.384 e. The van der Waals surface area contributed by atoms with Crippen LogP contribution in [-0.2, 0) is 23.1 Å². The van der Waals surface area contributed by atoms with Crippen LogP contribution in [0.25, 0.3) is 0 Å². The van der Waals surface area contributed by atoms with Gasteiger partial charge in [0.2, 0.25) is 11.9 Å². The van der Waals surface area contributed by atoms with Crippen molar-refractivity contribution in [1.82, 2.24) is 24.8 Å². The first-order chi connectivity index (χ1) is 17.9. The summed E-state index contributed by atoms with van der Waals surface area (Å²) in [6.45, 7) is 1.72. The van der Waals surface area contributed by atoms with Crippen molar-refractivity contribution in [3.63, 3.8) is 0 Å². The molecule has 38 heavy (non-hydrogen) atoms. The maximum atomic E-state index is 14.0. The SMILES string of the molecule is Cc1cc(C[C@H]2C(=O)N(C(=O)NC(C3CCCCC3)C(F)(F)F)[C@@H]2C(=O)N(C)c2nccn2C)cc(N)n1. The number of nitrogens with one attached hydrogen (secondary N) is 1. The number of rotatable bonds is 6. The number of imide groups is 1. The van der Waals surface area contributed by atoms with Gasteiger partial charge in [0, 0.05) is 32.2 Å². The average molecular weight is 536 g/mol. The van der Waals surface area contributed by atoms with Crippen LogP contribution in [0.15, 0.2) is 24.5 Å². The van der Waals surface area contributed by atoms with E-state index < -0.39 is 47.9 Å². The molecule has 206 valence electrons. The minimum absolute atomic E-state index is 0.0618. The standard InChI is InChI=1S/C25H32F3N7O3/c1-14-11-15(13-18(29)31-14)12-17-19(22(37)34(3)23-30-9-10-33(23)2)35(21(17)36)24(38)32-20(25(26,27)28)16-7-5-4-6-8-16/h9-11,13,16-17,19-20H,4-8,12H2,1-3H3,(H2,29,31)(H,32,38)/t17-,19+,20?/m1/s1. The van der Waals surface area contributed by atoms with Crippen LogP contribution < -0.4 is 16.0 Å². The molecule has 0 spiro atoms. The molecule has 1 aliphatic heterocycles. The third-order valence-corrected chi connectivity index (χ3v) is 7.35. The number of carbonyl (C=O) groups excluding carboxylic acids is 3. The van der Waals surface area contributed by atoms with Gasteiger partial charge >= 0.3 is 12.2 Å². The van der Waals surface area contributed by atoms with Crippen LogP contribution >= 0.6 is 0 Å². The monoisotopic (exact) mass is 535 g/mol. The molecule has 3 heterocycles. The number of likely N-dealkylation sites (tertiary alicyclic amines) is 1. The second-order valence-electron chi connectivity index (χ2n) is 10.1. The Balaban J connectivity index is 1.62. The molecule has 1 saturated carbocycles. The number of nitrogens with two attached hydrogens (primary N) is 1. The van der Waals surface area contributed by atoms with Gasteiger partial charge < -0.3 is 15.6 Å².